The summed E-state index contributed by atoms with van der Waals surface area (Å²) in [6.45, 7) is 6.15. The Labute approximate surface area is 138 Å². The third-order valence-corrected chi connectivity index (χ3v) is 3.10. The van der Waals surface area contributed by atoms with Gasteiger partial charge in [0.2, 0.25) is 6.79 Å². The number of hydrogen-bond acceptors (Lipinski definition) is 4. The molecule has 1 heterocycles. The first-order valence-corrected chi connectivity index (χ1v) is 7.77. The maximum atomic E-state index is 10.4. The average Bonchev–Trinajstić information content (AvgIpc) is 3.03. The van der Waals surface area contributed by atoms with Gasteiger partial charge in [0, 0.05) is 12.3 Å². The molecule has 1 aliphatic heterocycles. The fourth-order valence-corrected chi connectivity index (χ4v) is 1.88. The van der Waals surface area contributed by atoms with E-state index in [1.807, 2.05) is 24.3 Å². The van der Waals surface area contributed by atoms with E-state index in [4.69, 9.17) is 9.47 Å². The predicted octanol–water partition coefficient (Wildman–Crippen LogP) is 3.89. The fourth-order valence-electron chi connectivity index (χ4n) is 1.88. The Hall–Kier alpha value is -2.41. The first-order chi connectivity index (χ1) is 11.2. The van der Waals surface area contributed by atoms with Crippen LogP contribution in [0.3, 0.4) is 0 Å². The summed E-state index contributed by atoms with van der Waals surface area (Å²) in [5, 5.41) is 0. The van der Waals surface area contributed by atoms with Crippen molar-refractivity contribution in [1.29, 1.82) is 0 Å². The van der Waals surface area contributed by atoms with Gasteiger partial charge in [0.05, 0.1) is 7.11 Å². The second kappa shape index (κ2) is 11.2. The molecule has 124 valence electrons. The number of allylic oxidation sites excluding steroid dienone is 1. The number of fused-ring (bicyclic) bond motifs is 1. The van der Waals surface area contributed by atoms with Crippen molar-refractivity contribution in [2.45, 2.75) is 39.0 Å². The van der Waals surface area contributed by atoms with Crippen molar-refractivity contribution in [3.8, 4) is 23.3 Å². The second-order valence-electron chi connectivity index (χ2n) is 4.93. The van der Waals surface area contributed by atoms with Gasteiger partial charge in [-0.15, -0.1) is 6.58 Å². The van der Waals surface area contributed by atoms with Crippen molar-refractivity contribution in [3.05, 3.63) is 36.4 Å². The second-order valence-corrected chi connectivity index (χ2v) is 4.93. The molecule has 2 rings (SSSR count). The van der Waals surface area contributed by atoms with Crippen molar-refractivity contribution >= 4 is 5.97 Å². The topological polar surface area (TPSA) is 44.8 Å². The molecule has 23 heavy (non-hydrogen) atoms. The zero-order valence-corrected chi connectivity index (χ0v) is 13.9. The highest BCUT2D eigenvalue weighted by Crippen LogP contribution is 2.32. The lowest BCUT2D eigenvalue weighted by atomic mass is 10.1. The summed E-state index contributed by atoms with van der Waals surface area (Å²) >= 11 is 0. The molecule has 0 bridgehead atoms. The number of hydrogen-bond donors (Lipinski definition) is 0. The molecule has 0 fully saturated rings. The van der Waals surface area contributed by atoms with Gasteiger partial charge in [0.25, 0.3) is 0 Å². The fraction of sp³-hybridized carbons (Fsp3) is 0.421. The highest BCUT2D eigenvalue weighted by molar-refractivity contribution is 5.88. The lowest BCUT2D eigenvalue weighted by Gasteiger charge is -1.98. The largest absolute Gasteiger partial charge is 0.459 e. The van der Waals surface area contributed by atoms with E-state index in [0.717, 1.165) is 30.8 Å². The van der Waals surface area contributed by atoms with Gasteiger partial charge in [-0.25, -0.2) is 4.79 Å². The number of carbonyl (C=O) groups is 1. The Balaban J connectivity index is 0.000000232. The molecule has 0 unspecified atom stereocenters. The van der Waals surface area contributed by atoms with Crippen LogP contribution < -0.4 is 9.47 Å². The van der Waals surface area contributed by atoms with Gasteiger partial charge in [-0.1, -0.05) is 37.8 Å². The highest BCUT2D eigenvalue weighted by Gasteiger charge is 2.12. The quantitative estimate of drug-likeness (QED) is 0.272. The zero-order chi connectivity index (χ0) is 16.9. The van der Waals surface area contributed by atoms with Crippen LogP contribution in [-0.2, 0) is 16.0 Å². The molecule has 0 aromatic heterocycles. The van der Waals surface area contributed by atoms with Gasteiger partial charge in [0.15, 0.2) is 11.5 Å². The van der Waals surface area contributed by atoms with Gasteiger partial charge >= 0.3 is 5.97 Å². The monoisotopic (exact) mass is 316 g/mol. The number of methoxy groups -OCH3 is 1. The third kappa shape index (κ3) is 7.42. The van der Waals surface area contributed by atoms with E-state index in [1.165, 1.54) is 25.5 Å². The molecule has 0 atom stereocenters. The van der Waals surface area contributed by atoms with Crippen LogP contribution in [0.25, 0.3) is 0 Å². The van der Waals surface area contributed by atoms with Crippen LogP contribution >= 0.6 is 0 Å². The van der Waals surface area contributed by atoms with Crippen molar-refractivity contribution in [3.63, 3.8) is 0 Å². The van der Waals surface area contributed by atoms with E-state index in [2.05, 4.69) is 30.1 Å². The molecule has 0 saturated heterocycles. The molecule has 0 N–H and O–H groups in total. The van der Waals surface area contributed by atoms with Crippen LogP contribution in [0.4, 0.5) is 0 Å². The number of esters is 1. The normalized spacial score (nSPS) is 10.7. The van der Waals surface area contributed by atoms with Crippen LogP contribution in [0.15, 0.2) is 30.9 Å². The van der Waals surface area contributed by atoms with E-state index >= 15 is 0 Å². The van der Waals surface area contributed by atoms with Gasteiger partial charge in [0.1, 0.15) is 0 Å². The molecular weight excluding hydrogens is 292 g/mol. The summed E-state index contributed by atoms with van der Waals surface area (Å²) in [7, 11) is 1.34. The Bertz CT molecular complexity index is 566. The van der Waals surface area contributed by atoms with Crippen LogP contribution in [0.1, 0.15) is 38.2 Å². The molecule has 1 aromatic carbocycles. The Morgan fingerprint density at radius 1 is 1.35 bits per heavy atom. The van der Waals surface area contributed by atoms with E-state index in [9.17, 15) is 4.79 Å². The highest BCUT2D eigenvalue weighted by atomic mass is 16.7. The first-order valence-electron chi connectivity index (χ1n) is 7.77. The van der Waals surface area contributed by atoms with Crippen LogP contribution in [0.2, 0.25) is 0 Å². The van der Waals surface area contributed by atoms with Crippen molar-refractivity contribution in [2.24, 2.45) is 0 Å². The molecule has 4 nitrogen and oxygen atoms in total. The first kappa shape index (κ1) is 18.6. The summed E-state index contributed by atoms with van der Waals surface area (Å²) in [5.41, 5.74) is 1.20. The standard InChI is InChI=1S/C10H10O2.C9H14O2/c1-2-3-8-4-5-9-10(6-8)12-7-11-9;1-3-4-5-6-7-8-9(10)11-2/h2,4-6H,1,3,7H2;3-6H2,1-2H3. The maximum absolute atomic E-state index is 10.4. The molecule has 0 amide bonds. The van der Waals surface area contributed by atoms with Gasteiger partial charge < -0.3 is 14.2 Å². The summed E-state index contributed by atoms with van der Waals surface area (Å²) in [5.74, 6) is 6.36. The lowest BCUT2D eigenvalue weighted by molar-refractivity contribution is -0.133. The number of unbranched alkanes of at least 4 members (excludes halogenated alkanes) is 3. The predicted molar refractivity (Wildman–Crippen MR) is 90.4 cm³/mol. The number of benzene rings is 1. The van der Waals surface area contributed by atoms with Crippen molar-refractivity contribution in [1.82, 2.24) is 0 Å². The minimum Gasteiger partial charge on any atom is -0.459 e. The van der Waals surface area contributed by atoms with Crippen molar-refractivity contribution in [2.75, 3.05) is 13.9 Å². The Morgan fingerprint density at radius 3 is 2.83 bits per heavy atom. The molecule has 0 saturated carbocycles. The molecule has 1 aliphatic rings. The minimum absolute atomic E-state index is 0.340. The molecule has 0 aliphatic carbocycles. The van der Waals surface area contributed by atoms with E-state index in [1.54, 1.807) is 0 Å². The smallest absolute Gasteiger partial charge is 0.384 e. The van der Waals surface area contributed by atoms with Crippen LogP contribution in [0, 0.1) is 11.8 Å². The van der Waals surface area contributed by atoms with Crippen LogP contribution in [-0.4, -0.2) is 19.9 Å². The van der Waals surface area contributed by atoms with Crippen LogP contribution in [0.5, 0.6) is 11.5 Å². The summed E-state index contributed by atoms with van der Waals surface area (Å²) in [6, 6.07) is 5.94. The lowest BCUT2D eigenvalue weighted by Crippen LogP contribution is -1.93. The minimum atomic E-state index is -0.443. The van der Waals surface area contributed by atoms with Gasteiger partial charge in [-0.2, -0.15) is 0 Å². The van der Waals surface area contributed by atoms with Gasteiger partial charge in [-0.3, -0.25) is 0 Å². The molecule has 0 radical (unpaired) electrons. The zero-order valence-electron chi connectivity index (χ0n) is 13.9. The average molecular weight is 316 g/mol. The molecule has 4 heteroatoms. The van der Waals surface area contributed by atoms with E-state index < -0.39 is 5.97 Å². The number of ether oxygens (including phenoxy) is 3. The summed E-state index contributed by atoms with van der Waals surface area (Å²) in [4.78, 5) is 10.4. The Morgan fingerprint density at radius 2 is 2.13 bits per heavy atom. The van der Waals surface area contributed by atoms with E-state index in [-0.39, 0.29) is 0 Å². The van der Waals surface area contributed by atoms with Gasteiger partial charge in [-0.05, 0) is 30.5 Å². The molecule has 1 aromatic rings. The maximum Gasteiger partial charge on any atom is 0.384 e. The Kier molecular flexibility index (Phi) is 9.07. The van der Waals surface area contributed by atoms with Crippen molar-refractivity contribution < 1.29 is 19.0 Å². The SMILES string of the molecule is C=CCc1ccc2c(c1)OCO2.CCCCCC#CC(=O)OC. The van der Waals surface area contributed by atoms with E-state index in [0.29, 0.717) is 6.79 Å². The summed E-state index contributed by atoms with van der Waals surface area (Å²) < 4.78 is 14.8. The number of rotatable bonds is 5. The third-order valence-electron chi connectivity index (χ3n) is 3.10. The summed E-state index contributed by atoms with van der Waals surface area (Å²) in [6.07, 6.45) is 6.97. The molecule has 0 spiro atoms. The number of carbonyl (C=O) groups excluding carboxylic acids is 1. The molecular formula is C19H24O4.